The fraction of sp³-hybridized carbons (Fsp3) is 0.375. The Balaban J connectivity index is 0.000000646. The Bertz CT molecular complexity index is 1570. The number of carboxylic acids is 1. The van der Waals surface area contributed by atoms with E-state index in [1.165, 1.54) is 30.3 Å². The second kappa shape index (κ2) is 12.2. The number of anilines is 3. The molecule has 3 aromatic rings. The summed E-state index contributed by atoms with van der Waals surface area (Å²) in [6, 6.07) is 7.60. The molecule has 1 fully saturated rings. The van der Waals surface area contributed by atoms with Gasteiger partial charge in [-0.25, -0.2) is 23.0 Å². The zero-order chi connectivity index (χ0) is 32.5. The molecule has 0 amide bonds. The number of hydrogen-bond acceptors (Lipinski definition) is 8. The van der Waals surface area contributed by atoms with Gasteiger partial charge in [0.15, 0.2) is 0 Å². The number of carboxylic acid groups (broad SMARTS) is 1. The summed E-state index contributed by atoms with van der Waals surface area (Å²) in [5.41, 5.74) is 3.65. The van der Waals surface area contributed by atoms with Gasteiger partial charge >= 0.3 is 18.3 Å². The second-order valence-corrected chi connectivity index (χ2v) is 12.1. The van der Waals surface area contributed by atoms with Gasteiger partial charge in [0.1, 0.15) is 0 Å². The maximum absolute atomic E-state index is 14.0. The molecule has 0 unspecified atom stereocenters. The monoisotopic (exact) mass is 657 g/mol. The summed E-state index contributed by atoms with van der Waals surface area (Å²) in [7, 11) is -3.88. The van der Waals surface area contributed by atoms with Gasteiger partial charge in [0, 0.05) is 30.4 Å². The molecule has 1 aromatic heterocycles. The van der Waals surface area contributed by atoms with E-state index in [9.17, 15) is 34.8 Å². The van der Waals surface area contributed by atoms with E-state index < -0.39 is 39.4 Å². The number of nitrogen functional groups attached to an aromatic ring is 1. The number of rotatable bonds is 7. The number of nitrogens with two attached hydrogens (primary N) is 1. The van der Waals surface area contributed by atoms with Crippen molar-refractivity contribution in [2.75, 3.05) is 24.1 Å². The van der Waals surface area contributed by atoms with E-state index in [-0.39, 0.29) is 38.6 Å². The number of sulfonamides is 1. The van der Waals surface area contributed by atoms with E-state index in [4.69, 9.17) is 27.2 Å². The number of halogens is 7. The third-order valence-electron chi connectivity index (χ3n) is 6.07. The van der Waals surface area contributed by atoms with Crippen LogP contribution in [0.3, 0.4) is 0 Å². The molecule has 2 aromatic carbocycles. The minimum absolute atomic E-state index is 0.00246. The molecular formula is C24H26ClF6N7O4S. The van der Waals surface area contributed by atoms with Crippen molar-refractivity contribution < 1.29 is 44.7 Å². The average Bonchev–Trinajstić information content (AvgIpc) is 3.25. The molecule has 19 heteroatoms. The number of benzene rings is 2. The first-order chi connectivity index (χ1) is 19.6. The summed E-state index contributed by atoms with van der Waals surface area (Å²) in [5, 5.41) is 15.7. The maximum atomic E-state index is 14.0. The minimum atomic E-state index is -5.08. The molecule has 1 saturated heterocycles. The number of aromatic nitrogens is 3. The molecule has 0 saturated carbocycles. The van der Waals surface area contributed by atoms with Crippen molar-refractivity contribution in [3.8, 4) is 11.1 Å². The summed E-state index contributed by atoms with van der Waals surface area (Å²) in [4.78, 5) is 14.8. The zero-order valence-corrected chi connectivity index (χ0v) is 24.2. The lowest BCUT2D eigenvalue weighted by Crippen LogP contribution is -2.69. The van der Waals surface area contributed by atoms with Crippen LogP contribution in [0.1, 0.15) is 26.3 Å². The molecule has 0 spiro atoms. The number of aliphatic carboxylic acids is 1. The molecule has 236 valence electrons. The van der Waals surface area contributed by atoms with Crippen LogP contribution in [0.15, 0.2) is 41.3 Å². The Morgan fingerprint density at radius 1 is 1.14 bits per heavy atom. The topological polar surface area (TPSA) is 166 Å². The second-order valence-electron chi connectivity index (χ2n) is 10.0. The van der Waals surface area contributed by atoms with Crippen molar-refractivity contribution in [3.63, 3.8) is 0 Å². The van der Waals surface area contributed by atoms with Crippen LogP contribution in [-0.2, 0) is 21.0 Å². The van der Waals surface area contributed by atoms with Gasteiger partial charge in [-0.1, -0.05) is 23.7 Å². The molecule has 6 N–H and O–H groups in total. The Kier molecular flexibility index (Phi) is 9.60. The lowest BCUT2D eigenvalue weighted by molar-refractivity contribution is -0.192. The molecule has 0 bridgehead atoms. The van der Waals surface area contributed by atoms with Crippen LogP contribution < -0.4 is 15.8 Å². The molecule has 0 atom stereocenters. The van der Waals surface area contributed by atoms with E-state index in [0.29, 0.717) is 19.1 Å². The van der Waals surface area contributed by atoms with E-state index in [2.05, 4.69) is 30.1 Å². The molecule has 2 heterocycles. The number of likely N-dealkylation sites (tertiary alicyclic amines) is 1. The third-order valence-corrected chi connectivity index (χ3v) is 8.02. The fourth-order valence-electron chi connectivity index (χ4n) is 4.12. The summed E-state index contributed by atoms with van der Waals surface area (Å²) >= 11 is 6.28. The predicted octanol–water partition coefficient (Wildman–Crippen LogP) is 4.86. The molecule has 4 rings (SSSR count). The first-order valence-electron chi connectivity index (χ1n) is 12.2. The summed E-state index contributed by atoms with van der Waals surface area (Å²) in [6.07, 6.45) is -9.83. The van der Waals surface area contributed by atoms with Crippen LogP contribution >= 0.6 is 11.6 Å². The fourth-order valence-corrected chi connectivity index (χ4v) is 5.84. The molecule has 0 radical (unpaired) electrons. The smallest absolute Gasteiger partial charge is 0.475 e. The average molecular weight is 658 g/mol. The van der Waals surface area contributed by atoms with Gasteiger partial charge in [-0.05, 0) is 50.6 Å². The predicted molar refractivity (Wildman–Crippen MR) is 145 cm³/mol. The van der Waals surface area contributed by atoms with Gasteiger partial charge in [-0.3, -0.25) is 4.90 Å². The maximum Gasteiger partial charge on any atom is 0.490 e. The van der Waals surface area contributed by atoms with E-state index in [1.54, 1.807) is 0 Å². The highest BCUT2D eigenvalue weighted by molar-refractivity contribution is 7.89. The molecule has 43 heavy (non-hydrogen) atoms. The number of nitrogens with one attached hydrogen (secondary N) is 3. The Morgan fingerprint density at radius 3 is 2.14 bits per heavy atom. The number of hydrogen-bond donors (Lipinski definition) is 5. The molecule has 0 aliphatic carbocycles. The van der Waals surface area contributed by atoms with Gasteiger partial charge in [0.05, 0.1) is 21.0 Å². The first kappa shape index (κ1) is 33.9. The first-order valence-corrected chi connectivity index (χ1v) is 14.0. The van der Waals surface area contributed by atoms with E-state index >= 15 is 0 Å². The Labute approximate surface area is 246 Å². The molecule has 1 aliphatic rings. The molecule has 11 nitrogen and oxygen atoms in total. The summed E-state index contributed by atoms with van der Waals surface area (Å²) < 4.78 is 102. The number of carbonyl (C=O) groups is 1. The molecule has 1 aliphatic heterocycles. The van der Waals surface area contributed by atoms with Crippen LogP contribution in [-0.4, -0.2) is 70.4 Å². The molecular weight excluding hydrogens is 632 g/mol. The van der Waals surface area contributed by atoms with Crippen molar-refractivity contribution in [3.05, 3.63) is 47.0 Å². The highest BCUT2D eigenvalue weighted by atomic mass is 35.5. The van der Waals surface area contributed by atoms with E-state index in [0.717, 1.165) is 6.07 Å². The summed E-state index contributed by atoms with van der Waals surface area (Å²) in [5.74, 6) is -2.79. The van der Waals surface area contributed by atoms with Crippen molar-refractivity contribution in [1.29, 1.82) is 0 Å². The largest absolute Gasteiger partial charge is 0.490 e. The highest BCUT2D eigenvalue weighted by Gasteiger charge is 2.43. The minimum Gasteiger partial charge on any atom is -0.475 e. The lowest BCUT2D eigenvalue weighted by atomic mass is 9.92. The zero-order valence-electron chi connectivity index (χ0n) is 22.6. The summed E-state index contributed by atoms with van der Waals surface area (Å²) in [6.45, 7) is 7.00. The number of nitrogens with zero attached hydrogens (tertiary/aromatic N) is 3. The van der Waals surface area contributed by atoms with Gasteiger partial charge in [0.2, 0.25) is 21.9 Å². The third kappa shape index (κ3) is 8.49. The van der Waals surface area contributed by atoms with Crippen LogP contribution in [0.2, 0.25) is 5.02 Å². The number of H-pyrrole nitrogens is 1. The van der Waals surface area contributed by atoms with Crippen molar-refractivity contribution in [2.45, 2.75) is 49.6 Å². The van der Waals surface area contributed by atoms with Gasteiger partial charge in [-0.2, -0.15) is 31.3 Å². The van der Waals surface area contributed by atoms with Crippen molar-refractivity contribution in [2.24, 2.45) is 0 Å². The van der Waals surface area contributed by atoms with Crippen molar-refractivity contribution >= 4 is 45.2 Å². The lowest BCUT2D eigenvalue weighted by Gasteiger charge is -2.50. The Hall–Kier alpha value is -3.61. The Morgan fingerprint density at radius 2 is 1.70 bits per heavy atom. The van der Waals surface area contributed by atoms with Crippen molar-refractivity contribution in [1.82, 2.24) is 24.8 Å². The van der Waals surface area contributed by atoms with Crippen LogP contribution in [0.4, 0.5) is 43.9 Å². The van der Waals surface area contributed by atoms with Gasteiger partial charge in [0.25, 0.3) is 0 Å². The van der Waals surface area contributed by atoms with Gasteiger partial charge in [-0.15, -0.1) is 5.10 Å². The normalized spacial score (nSPS) is 15.4. The number of aromatic amines is 1. The quantitative estimate of drug-likeness (QED) is 0.223. The standard InChI is InChI=1S/C22H25ClF3N7O2S.C2HF3O2/c1-12(2)33-10-21(3,11-33)32-36(34,35)15-6-4-13(5-7-15)18-16(22(24,25)26)8-14(9-17(18)23)28-20-29-19(27)30-31-20;3-2(4,5)1(6)7/h4-9,12,32H,10-11H2,1-3H3,(H4,27,28,29,30,31);(H,6,7). The van der Waals surface area contributed by atoms with Gasteiger partial charge < -0.3 is 16.2 Å². The van der Waals surface area contributed by atoms with Crippen LogP contribution in [0, 0.1) is 0 Å². The SMILES string of the molecule is CC(C)N1CC(C)(NS(=O)(=O)c2ccc(-c3c(Cl)cc(Nc4n[nH]c(N)n4)cc3C(F)(F)F)cc2)C1.O=C(O)C(F)(F)F. The van der Waals surface area contributed by atoms with E-state index in [1.807, 2.05) is 20.8 Å². The van der Waals surface area contributed by atoms with Crippen LogP contribution in [0.5, 0.6) is 0 Å². The number of alkyl halides is 6. The van der Waals surface area contributed by atoms with Crippen LogP contribution in [0.25, 0.3) is 11.1 Å². The highest BCUT2D eigenvalue weighted by Crippen LogP contribution is 2.43.